The molecule has 0 aliphatic heterocycles. The van der Waals surface area contributed by atoms with Gasteiger partial charge in [-0.25, -0.2) is 0 Å². The van der Waals surface area contributed by atoms with Crippen LogP contribution in [-0.4, -0.2) is 27.6 Å². The molecule has 0 bridgehead atoms. The van der Waals surface area contributed by atoms with Gasteiger partial charge in [-0.1, -0.05) is 42.7 Å². The van der Waals surface area contributed by atoms with Crippen LogP contribution in [-0.2, 0) is 4.79 Å². The summed E-state index contributed by atoms with van der Waals surface area (Å²) in [6.07, 6.45) is 0. The summed E-state index contributed by atoms with van der Waals surface area (Å²) < 4.78 is 10.8. The minimum absolute atomic E-state index is 0.0529. The van der Waals surface area contributed by atoms with Crippen molar-refractivity contribution in [3.8, 4) is 17.1 Å². The second-order valence-corrected chi connectivity index (χ2v) is 7.23. The maximum Gasteiger partial charge on any atom is 0.270 e. The molecule has 2 aromatic carbocycles. The topological polar surface area (TPSA) is 120 Å². The third kappa shape index (κ3) is 5.32. The first-order valence-electron chi connectivity index (χ1n) is 9.09. The highest BCUT2D eigenvalue weighted by molar-refractivity contribution is 6.30. The van der Waals surface area contributed by atoms with E-state index in [0.717, 1.165) is 0 Å². The van der Waals surface area contributed by atoms with Gasteiger partial charge in [0.2, 0.25) is 11.7 Å². The molecule has 3 rings (SSSR count). The molecule has 0 radical (unpaired) electrons. The summed E-state index contributed by atoms with van der Waals surface area (Å²) in [7, 11) is 0. The number of hydrogen-bond donors (Lipinski definition) is 1. The number of aromatic nitrogens is 2. The van der Waals surface area contributed by atoms with Crippen molar-refractivity contribution in [2.24, 2.45) is 5.92 Å². The van der Waals surface area contributed by atoms with E-state index in [-0.39, 0.29) is 35.8 Å². The Morgan fingerprint density at radius 1 is 1.27 bits per heavy atom. The molecule has 0 spiro atoms. The van der Waals surface area contributed by atoms with Gasteiger partial charge < -0.3 is 14.6 Å². The molecule has 1 unspecified atom stereocenters. The van der Waals surface area contributed by atoms with Gasteiger partial charge in [-0.05, 0) is 30.2 Å². The van der Waals surface area contributed by atoms with Crippen molar-refractivity contribution in [1.29, 1.82) is 0 Å². The van der Waals surface area contributed by atoms with E-state index in [4.69, 9.17) is 20.9 Å². The fourth-order valence-corrected chi connectivity index (χ4v) is 2.77. The Kier molecular flexibility index (Phi) is 6.63. The van der Waals surface area contributed by atoms with Gasteiger partial charge in [0.05, 0.1) is 4.92 Å². The molecule has 0 aliphatic carbocycles. The van der Waals surface area contributed by atoms with Crippen LogP contribution >= 0.6 is 11.6 Å². The van der Waals surface area contributed by atoms with Crippen molar-refractivity contribution in [3.05, 3.63) is 69.6 Å². The van der Waals surface area contributed by atoms with Gasteiger partial charge >= 0.3 is 0 Å². The number of carbonyl (C=O) groups excluding carboxylic acids is 1. The van der Waals surface area contributed by atoms with Gasteiger partial charge in [-0.15, -0.1) is 0 Å². The minimum Gasteiger partial charge on any atom is -0.484 e. The Labute approximate surface area is 177 Å². The number of non-ortho nitro benzene ring substituents is 1. The zero-order chi connectivity index (χ0) is 21.7. The molecule has 1 N–H and O–H groups in total. The van der Waals surface area contributed by atoms with Crippen molar-refractivity contribution < 1.29 is 19.0 Å². The number of nitro groups is 1. The molecule has 0 fully saturated rings. The Morgan fingerprint density at radius 3 is 2.67 bits per heavy atom. The Morgan fingerprint density at radius 2 is 2.00 bits per heavy atom. The standard InChI is InChI=1S/C20H19ClN4O5/c1-12(2)18(22-17(26)11-29-16-8-6-14(21)7-9-16)20-23-19(24-30-20)13-4-3-5-15(10-13)25(27)28/h3-10,12,18H,11H2,1-2H3,(H,22,26). The number of hydrogen-bond acceptors (Lipinski definition) is 7. The molecule has 1 aromatic heterocycles. The maximum atomic E-state index is 12.3. The Balaban J connectivity index is 1.69. The first kappa shape index (κ1) is 21.3. The zero-order valence-corrected chi connectivity index (χ0v) is 17.0. The van der Waals surface area contributed by atoms with Gasteiger partial charge in [-0.2, -0.15) is 4.98 Å². The highest BCUT2D eigenvalue weighted by Gasteiger charge is 2.25. The SMILES string of the molecule is CC(C)C(NC(=O)COc1ccc(Cl)cc1)c1nc(-c2cccc([N+](=O)[O-])c2)no1. The Hall–Kier alpha value is -3.46. The molecular weight excluding hydrogens is 412 g/mol. The summed E-state index contributed by atoms with van der Waals surface area (Å²) in [6.45, 7) is 3.58. The van der Waals surface area contributed by atoms with E-state index < -0.39 is 11.0 Å². The molecule has 0 saturated carbocycles. The Bertz CT molecular complexity index is 1040. The van der Waals surface area contributed by atoms with E-state index in [1.54, 1.807) is 36.4 Å². The fraction of sp³-hybridized carbons (Fsp3) is 0.250. The fourth-order valence-electron chi connectivity index (χ4n) is 2.65. The van der Waals surface area contributed by atoms with Crippen LogP contribution in [0.2, 0.25) is 5.02 Å². The quantitative estimate of drug-likeness (QED) is 0.420. The lowest BCUT2D eigenvalue weighted by Crippen LogP contribution is -2.35. The second-order valence-electron chi connectivity index (χ2n) is 6.80. The number of amides is 1. The smallest absolute Gasteiger partial charge is 0.270 e. The lowest BCUT2D eigenvalue weighted by Gasteiger charge is -2.18. The van der Waals surface area contributed by atoms with E-state index in [1.807, 2.05) is 13.8 Å². The highest BCUT2D eigenvalue weighted by Crippen LogP contribution is 2.25. The zero-order valence-electron chi connectivity index (χ0n) is 16.2. The molecule has 1 heterocycles. The summed E-state index contributed by atoms with van der Waals surface area (Å²) in [5.41, 5.74) is 0.367. The number of rotatable bonds is 8. The molecule has 1 atom stereocenters. The van der Waals surface area contributed by atoms with Crippen LogP contribution in [0.4, 0.5) is 5.69 Å². The second kappa shape index (κ2) is 9.36. The maximum absolute atomic E-state index is 12.3. The van der Waals surface area contributed by atoms with Crippen molar-refractivity contribution in [2.45, 2.75) is 19.9 Å². The molecular formula is C20H19ClN4O5. The van der Waals surface area contributed by atoms with Crippen molar-refractivity contribution in [1.82, 2.24) is 15.5 Å². The summed E-state index contributed by atoms with van der Waals surface area (Å²) in [5.74, 6) is 0.500. The number of ether oxygens (including phenoxy) is 1. The predicted octanol–water partition coefficient (Wildman–Crippen LogP) is 4.19. The van der Waals surface area contributed by atoms with Crippen LogP contribution in [0.5, 0.6) is 5.75 Å². The van der Waals surface area contributed by atoms with Crippen LogP contribution in [0.3, 0.4) is 0 Å². The largest absolute Gasteiger partial charge is 0.484 e. The summed E-state index contributed by atoms with van der Waals surface area (Å²) in [4.78, 5) is 27.1. The molecule has 0 saturated heterocycles. The predicted molar refractivity (Wildman–Crippen MR) is 109 cm³/mol. The van der Waals surface area contributed by atoms with Crippen molar-refractivity contribution in [3.63, 3.8) is 0 Å². The number of nitrogens with one attached hydrogen (secondary N) is 1. The molecule has 1 amide bonds. The molecule has 156 valence electrons. The minimum atomic E-state index is -0.550. The normalized spacial score (nSPS) is 11.9. The monoisotopic (exact) mass is 430 g/mol. The molecule has 9 nitrogen and oxygen atoms in total. The molecule has 30 heavy (non-hydrogen) atoms. The first-order valence-corrected chi connectivity index (χ1v) is 9.47. The number of nitrogens with zero attached hydrogens (tertiary/aromatic N) is 3. The average Bonchev–Trinajstić information content (AvgIpc) is 3.21. The molecule has 3 aromatic rings. The van der Waals surface area contributed by atoms with Gasteiger partial charge in [0, 0.05) is 22.7 Å². The average molecular weight is 431 g/mol. The van der Waals surface area contributed by atoms with Gasteiger partial charge in [-0.3, -0.25) is 14.9 Å². The number of carbonyl (C=O) groups is 1. The van der Waals surface area contributed by atoms with Gasteiger partial charge in [0.15, 0.2) is 6.61 Å². The van der Waals surface area contributed by atoms with Crippen LogP contribution in [0.1, 0.15) is 25.8 Å². The van der Waals surface area contributed by atoms with Crippen LogP contribution in [0.25, 0.3) is 11.4 Å². The first-order chi connectivity index (χ1) is 14.3. The number of halogens is 1. The summed E-state index contributed by atoms with van der Waals surface area (Å²) in [6, 6.07) is 12.0. The van der Waals surface area contributed by atoms with E-state index in [9.17, 15) is 14.9 Å². The molecule has 0 aliphatic rings. The van der Waals surface area contributed by atoms with Crippen LogP contribution in [0.15, 0.2) is 53.1 Å². The summed E-state index contributed by atoms with van der Waals surface area (Å²) >= 11 is 5.82. The lowest BCUT2D eigenvalue weighted by atomic mass is 10.0. The molecule has 10 heteroatoms. The van der Waals surface area contributed by atoms with E-state index >= 15 is 0 Å². The lowest BCUT2D eigenvalue weighted by molar-refractivity contribution is -0.384. The van der Waals surface area contributed by atoms with E-state index in [0.29, 0.717) is 16.3 Å². The van der Waals surface area contributed by atoms with Gasteiger partial charge in [0.25, 0.3) is 11.6 Å². The van der Waals surface area contributed by atoms with Crippen LogP contribution < -0.4 is 10.1 Å². The van der Waals surface area contributed by atoms with Crippen LogP contribution in [0, 0.1) is 16.0 Å². The van der Waals surface area contributed by atoms with E-state index in [1.165, 1.54) is 12.1 Å². The number of nitro benzene ring substituents is 1. The number of benzene rings is 2. The van der Waals surface area contributed by atoms with Crippen molar-refractivity contribution >= 4 is 23.2 Å². The third-order valence-electron chi connectivity index (χ3n) is 4.19. The summed E-state index contributed by atoms with van der Waals surface area (Å²) in [5, 5.41) is 18.2. The van der Waals surface area contributed by atoms with E-state index in [2.05, 4.69) is 15.5 Å². The highest BCUT2D eigenvalue weighted by atomic mass is 35.5. The third-order valence-corrected chi connectivity index (χ3v) is 4.44. The van der Waals surface area contributed by atoms with Gasteiger partial charge in [0.1, 0.15) is 11.8 Å². The van der Waals surface area contributed by atoms with Crippen molar-refractivity contribution in [2.75, 3.05) is 6.61 Å².